The Hall–Kier alpha value is -1.38. The van der Waals surface area contributed by atoms with Crippen LogP contribution in [0.25, 0.3) is 0 Å². The Morgan fingerprint density at radius 3 is 2.47 bits per heavy atom. The Morgan fingerprint density at radius 1 is 1.16 bits per heavy atom. The standard InChI is InChI=1S/C16H17ClFN/c1-11-3-5-13(6-4-11)12(2)19-10-14-7-8-15(17)9-16(14)18/h3-9,12,19H,10H2,1-2H3/t12-/m0/s1. The third-order valence-electron chi connectivity index (χ3n) is 3.19. The topological polar surface area (TPSA) is 12.0 Å². The van der Waals surface area contributed by atoms with E-state index in [0.29, 0.717) is 17.1 Å². The summed E-state index contributed by atoms with van der Waals surface area (Å²) >= 11 is 5.73. The largest absolute Gasteiger partial charge is 0.306 e. The Bertz CT molecular complexity index is 551. The minimum Gasteiger partial charge on any atom is -0.306 e. The zero-order valence-electron chi connectivity index (χ0n) is 11.1. The minimum absolute atomic E-state index is 0.177. The fraction of sp³-hybridized carbons (Fsp3) is 0.250. The van der Waals surface area contributed by atoms with Gasteiger partial charge in [-0.1, -0.05) is 47.5 Å². The third kappa shape index (κ3) is 3.79. The molecule has 0 amide bonds. The highest BCUT2D eigenvalue weighted by Crippen LogP contribution is 2.17. The average molecular weight is 278 g/mol. The van der Waals surface area contributed by atoms with Crippen LogP contribution in [0.1, 0.15) is 29.7 Å². The van der Waals surface area contributed by atoms with Crippen LogP contribution in [0.5, 0.6) is 0 Å². The summed E-state index contributed by atoms with van der Waals surface area (Å²) in [4.78, 5) is 0. The van der Waals surface area contributed by atoms with Crippen molar-refractivity contribution in [2.45, 2.75) is 26.4 Å². The summed E-state index contributed by atoms with van der Waals surface area (Å²) in [6.07, 6.45) is 0. The van der Waals surface area contributed by atoms with Crippen LogP contribution in [-0.2, 0) is 6.54 Å². The molecule has 0 saturated carbocycles. The van der Waals surface area contributed by atoms with Gasteiger partial charge in [-0.05, 0) is 31.5 Å². The van der Waals surface area contributed by atoms with E-state index in [1.165, 1.54) is 17.2 Å². The van der Waals surface area contributed by atoms with Crippen molar-refractivity contribution in [1.82, 2.24) is 5.32 Å². The van der Waals surface area contributed by atoms with Crippen molar-refractivity contribution in [3.8, 4) is 0 Å². The van der Waals surface area contributed by atoms with E-state index in [2.05, 4.69) is 43.4 Å². The summed E-state index contributed by atoms with van der Waals surface area (Å²) in [5.74, 6) is -0.267. The quantitative estimate of drug-likeness (QED) is 0.858. The van der Waals surface area contributed by atoms with Crippen molar-refractivity contribution in [3.63, 3.8) is 0 Å². The van der Waals surface area contributed by atoms with Crippen LogP contribution in [0.2, 0.25) is 5.02 Å². The molecule has 19 heavy (non-hydrogen) atoms. The summed E-state index contributed by atoms with van der Waals surface area (Å²) in [6, 6.07) is 13.3. The second kappa shape index (κ2) is 6.18. The normalized spacial score (nSPS) is 12.4. The Kier molecular flexibility index (Phi) is 4.56. The van der Waals surface area contributed by atoms with Crippen LogP contribution in [0.4, 0.5) is 4.39 Å². The van der Waals surface area contributed by atoms with Crippen LogP contribution in [0.15, 0.2) is 42.5 Å². The number of halogens is 2. The Labute approximate surface area is 118 Å². The smallest absolute Gasteiger partial charge is 0.129 e. The average Bonchev–Trinajstić information content (AvgIpc) is 2.38. The van der Waals surface area contributed by atoms with E-state index < -0.39 is 0 Å². The molecule has 0 saturated heterocycles. The van der Waals surface area contributed by atoms with Gasteiger partial charge in [-0.25, -0.2) is 4.39 Å². The van der Waals surface area contributed by atoms with Crippen LogP contribution in [0, 0.1) is 12.7 Å². The summed E-state index contributed by atoms with van der Waals surface area (Å²) < 4.78 is 13.6. The highest BCUT2D eigenvalue weighted by molar-refractivity contribution is 6.30. The number of hydrogen-bond donors (Lipinski definition) is 1. The van der Waals surface area contributed by atoms with E-state index in [1.807, 2.05) is 0 Å². The van der Waals surface area contributed by atoms with Crippen LogP contribution >= 0.6 is 11.6 Å². The summed E-state index contributed by atoms with van der Waals surface area (Å²) in [5.41, 5.74) is 3.06. The number of aryl methyl sites for hydroxylation is 1. The monoisotopic (exact) mass is 277 g/mol. The molecule has 1 N–H and O–H groups in total. The molecular formula is C16H17ClFN. The molecule has 0 fully saturated rings. The van der Waals surface area contributed by atoms with E-state index in [9.17, 15) is 4.39 Å². The molecule has 0 bridgehead atoms. The molecule has 0 heterocycles. The van der Waals surface area contributed by atoms with Gasteiger partial charge < -0.3 is 5.32 Å². The van der Waals surface area contributed by atoms with Crippen molar-refractivity contribution in [2.75, 3.05) is 0 Å². The zero-order chi connectivity index (χ0) is 13.8. The lowest BCUT2D eigenvalue weighted by Gasteiger charge is -2.15. The van der Waals surface area contributed by atoms with Gasteiger partial charge in [0.1, 0.15) is 5.82 Å². The lowest BCUT2D eigenvalue weighted by atomic mass is 10.1. The molecule has 3 heteroatoms. The molecule has 0 radical (unpaired) electrons. The first-order valence-electron chi connectivity index (χ1n) is 6.30. The molecule has 100 valence electrons. The SMILES string of the molecule is Cc1ccc([C@H](C)NCc2ccc(Cl)cc2F)cc1. The molecule has 0 spiro atoms. The van der Waals surface area contributed by atoms with E-state index in [-0.39, 0.29) is 11.9 Å². The maximum absolute atomic E-state index is 13.6. The molecule has 1 nitrogen and oxygen atoms in total. The van der Waals surface area contributed by atoms with E-state index in [1.54, 1.807) is 12.1 Å². The van der Waals surface area contributed by atoms with Gasteiger partial charge in [0, 0.05) is 23.2 Å². The fourth-order valence-corrected chi connectivity index (χ4v) is 2.06. The molecule has 0 aliphatic carbocycles. The van der Waals surface area contributed by atoms with Gasteiger partial charge in [0.05, 0.1) is 0 Å². The predicted octanol–water partition coefficient (Wildman–Crippen LogP) is 4.64. The van der Waals surface area contributed by atoms with Gasteiger partial charge in [0.25, 0.3) is 0 Å². The first kappa shape index (κ1) is 14.0. The van der Waals surface area contributed by atoms with Gasteiger partial charge in [-0.2, -0.15) is 0 Å². The highest BCUT2D eigenvalue weighted by Gasteiger charge is 2.07. The lowest BCUT2D eigenvalue weighted by molar-refractivity contribution is 0.544. The van der Waals surface area contributed by atoms with Crippen molar-refractivity contribution in [2.24, 2.45) is 0 Å². The molecule has 0 aliphatic rings. The number of hydrogen-bond acceptors (Lipinski definition) is 1. The first-order chi connectivity index (χ1) is 9.06. The number of benzene rings is 2. The van der Waals surface area contributed by atoms with Crippen molar-refractivity contribution in [1.29, 1.82) is 0 Å². The second-order valence-corrected chi connectivity index (χ2v) is 5.19. The van der Waals surface area contributed by atoms with Gasteiger partial charge in [0.15, 0.2) is 0 Å². The lowest BCUT2D eigenvalue weighted by Crippen LogP contribution is -2.18. The molecular weight excluding hydrogens is 261 g/mol. The van der Waals surface area contributed by atoms with Crippen LogP contribution in [0.3, 0.4) is 0 Å². The molecule has 0 unspecified atom stereocenters. The van der Waals surface area contributed by atoms with Gasteiger partial charge in [-0.15, -0.1) is 0 Å². The zero-order valence-corrected chi connectivity index (χ0v) is 11.8. The number of rotatable bonds is 4. The second-order valence-electron chi connectivity index (χ2n) is 4.75. The highest BCUT2D eigenvalue weighted by atomic mass is 35.5. The predicted molar refractivity (Wildman–Crippen MR) is 77.8 cm³/mol. The van der Waals surface area contributed by atoms with Crippen molar-refractivity contribution in [3.05, 3.63) is 70.0 Å². The van der Waals surface area contributed by atoms with Crippen LogP contribution in [-0.4, -0.2) is 0 Å². The van der Waals surface area contributed by atoms with Crippen LogP contribution < -0.4 is 5.32 Å². The van der Waals surface area contributed by atoms with E-state index >= 15 is 0 Å². The summed E-state index contributed by atoms with van der Waals surface area (Å²) in [7, 11) is 0. The fourth-order valence-electron chi connectivity index (χ4n) is 1.90. The molecule has 1 atom stereocenters. The number of nitrogens with one attached hydrogen (secondary N) is 1. The Balaban J connectivity index is 2.00. The van der Waals surface area contributed by atoms with Crippen molar-refractivity contribution >= 4 is 11.6 Å². The maximum Gasteiger partial charge on any atom is 0.129 e. The van der Waals surface area contributed by atoms with E-state index in [0.717, 1.165) is 0 Å². The third-order valence-corrected chi connectivity index (χ3v) is 3.43. The van der Waals surface area contributed by atoms with Crippen molar-refractivity contribution < 1.29 is 4.39 Å². The molecule has 0 aromatic heterocycles. The Morgan fingerprint density at radius 2 is 1.84 bits per heavy atom. The molecule has 0 aliphatic heterocycles. The summed E-state index contributed by atoms with van der Waals surface area (Å²) in [6.45, 7) is 4.61. The van der Waals surface area contributed by atoms with Gasteiger partial charge >= 0.3 is 0 Å². The molecule has 2 aromatic rings. The minimum atomic E-state index is -0.267. The summed E-state index contributed by atoms with van der Waals surface area (Å²) in [5, 5.41) is 3.74. The van der Waals surface area contributed by atoms with Gasteiger partial charge in [0.2, 0.25) is 0 Å². The maximum atomic E-state index is 13.6. The van der Waals surface area contributed by atoms with E-state index in [4.69, 9.17) is 11.6 Å². The molecule has 2 rings (SSSR count). The first-order valence-corrected chi connectivity index (χ1v) is 6.68. The molecule has 2 aromatic carbocycles. The van der Waals surface area contributed by atoms with Gasteiger partial charge in [-0.3, -0.25) is 0 Å².